The van der Waals surface area contributed by atoms with E-state index in [9.17, 15) is 4.79 Å². The number of hydrogen-bond donors (Lipinski definition) is 0. The number of nitrogens with zero attached hydrogens (tertiary/aromatic N) is 6. The molecular formula is C15H10Cl2N6O. The third-order valence-electron chi connectivity index (χ3n) is 3.64. The Labute approximate surface area is 145 Å². The van der Waals surface area contributed by atoms with Gasteiger partial charge < -0.3 is 0 Å². The maximum atomic E-state index is 12.8. The normalized spacial score (nSPS) is 11.5. The predicted molar refractivity (Wildman–Crippen MR) is 91.1 cm³/mol. The second-order valence-electron chi connectivity index (χ2n) is 5.12. The summed E-state index contributed by atoms with van der Waals surface area (Å²) >= 11 is 12.0. The number of aromatic nitrogens is 6. The summed E-state index contributed by atoms with van der Waals surface area (Å²) < 4.78 is 2.96. The Balaban J connectivity index is 1.99. The fourth-order valence-corrected chi connectivity index (χ4v) is 2.73. The minimum Gasteiger partial charge on any atom is -0.282 e. The molecule has 0 unspecified atom stereocenters. The van der Waals surface area contributed by atoms with Gasteiger partial charge in [0.1, 0.15) is 5.52 Å². The van der Waals surface area contributed by atoms with E-state index in [4.69, 9.17) is 23.2 Å². The third-order valence-corrected chi connectivity index (χ3v) is 4.38. The van der Waals surface area contributed by atoms with Crippen LogP contribution in [0.25, 0.3) is 22.5 Å². The topological polar surface area (TPSA) is 78.0 Å². The van der Waals surface area contributed by atoms with E-state index in [-0.39, 0.29) is 11.1 Å². The van der Waals surface area contributed by atoms with E-state index < -0.39 is 0 Å². The van der Waals surface area contributed by atoms with Crippen LogP contribution in [0.2, 0.25) is 10.0 Å². The van der Waals surface area contributed by atoms with Crippen LogP contribution >= 0.6 is 23.2 Å². The lowest BCUT2D eigenvalue weighted by Crippen LogP contribution is -2.20. The van der Waals surface area contributed by atoms with Crippen LogP contribution in [0.15, 0.2) is 35.3 Å². The van der Waals surface area contributed by atoms with E-state index in [0.717, 1.165) is 0 Å². The number of fused-ring (bicyclic) bond motifs is 3. The number of benzene rings is 1. The van der Waals surface area contributed by atoms with Crippen molar-refractivity contribution in [1.29, 1.82) is 0 Å². The molecule has 0 bridgehead atoms. The average Bonchev–Trinajstić information content (AvgIpc) is 3.01. The molecule has 0 amide bonds. The van der Waals surface area contributed by atoms with Crippen LogP contribution in [-0.2, 0) is 6.42 Å². The minimum absolute atomic E-state index is 0.198. The zero-order chi connectivity index (χ0) is 16.8. The molecule has 3 heterocycles. The van der Waals surface area contributed by atoms with E-state index >= 15 is 0 Å². The summed E-state index contributed by atoms with van der Waals surface area (Å²) in [6.45, 7) is 1.95. The molecule has 0 aliphatic heterocycles. The molecule has 24 heavy (non-hydrogen) atoms. The van der Waals surface area contributed by atoms with Crippen LogP contribution in [0.1, 0.15) is 12.7 Å². The highest BCUT2D eigenvalue weighted by molar-refractivity contribution is 6.42. The van der Waals surface area contributed by atoms with Gasteiger partial charge in [0.15, 0.2) is 11.3 Å². The zero-order valence-corrected chi connectivity index (χ0v) is 14.0. The largest absolute Gasteiger partial charge is 0.285 e. The van der Waals surface area contributed by atoms with Crippen molar-refractivity contribution in [3.8, 4) is 5.69 Å². The number of hydrogen-bond acceptors (Lipinski definition) is 5. The van der Waals surface area contributed by atoms with Gasteiger partial charge in [0.25, 0.3) is 11.3 Å². The minimum atomic E-state index is -0.325. The quantitative estimate of drug-likeness (QED) is 0.549. The second-order valence-corrected chi connectivity index (χ2v) is 5.93. The lowest BCUT2D eigenvalue weighted by molar-refractivity contribution is 0.883. The number of halogens is 2. The van der Waals surface area contributed by atoms with Gasteiger partial charge in [-0.2, -0.15) is 9.50 Å². The Morgan fingerprint density at radius 1 is 1.12 bits per heavy atom. The Morgan fingerprint density at radius 3 is 2.71 bits per heavy atom. The first-order chi connectivity index (χ1) is 11.6. The smallest absolute Gasteiger partial charge is 0.282 e. The maximum Gasteiger partial charge on any atom is 0.285 e. The van der Waals surface area contributed by atoms with Gasteiger partial charge in [-0.05, 0) is 24.3 Å². The SMILES string of the molecule is CCc1nc2nnc3c(=O)n(-c4ccc(Cl)c(Cl)c4)ccc3n2n1. The molecule has 120 valence electrons. The van der Waals surface area contributed by atoms with Crippen molar-refractivity contribution in [2.45, 2.75) is 13.3 Å². The predicted octanol–water partition coefficient (Wildman–Crippen LogP) is 2.69. The Kier molecular flexibility index (Phi) is 3.47. The molecule has 3 aromatic heterocycles. The highest BCUT2D eigenvalue weighted by Gasteiger charge is 2.13. The van der Waals surface area contributed by atoms with E-state index in [1.807, 2.05) is 6.92 Å². The summed E-state index contributed by atoms with van der Waals surface area (Å²) in [4.78, 5) is 17.0. The molecule has 1 aromatic carbocycles. The van der Waals surface area contributed by atoms with Gasteiger partial charge in [-0.25, -0.2) is 0 Å². The highest BCUT2D eigenvalue weighted by Crippen LogP contribution is 2.24. The van der Waals surface area contributed by atoms with Gasteiger partial charge >= 0.3 is 0 Å². The molecule has 7 nitrogen and oxygen atoms in total. The van der Waals surface area contributed by atoms with Gasteiger partial charge in [0.2, 0.25) is 0 Å². The maximum absolute atomic E-state index is 12.8. The van der Waals surface area contributed by atoms with Gasteiger partial charge in [-0.1, -0.05) is 30.1 Å². The summed E-state index contributed by atoms with van der Waals surface area (Å²) in [7, 11) is 0. The molecule has 0 atom stereocenters. The monoisotopic (exact) mass is 360 g/mol. The molecule has 0 aliphatic rings. The van der Waals surface area contributed by atoms with Gasteiger partial charge in [-0.15, -0.1) is 15.3 Å². The van der Waals surface area contributed by atoms with Crippen molar-refractivity contribution in [2.24, 2.45) is 0 Å². The average molecular weight is 361 g/mol. The van der Waals surface area contributed by atoms with E-state index in [1.165, 1.54) is 9.08 Å². The standard InChI is InChI=1S/C15H10Cl2N6O/c1-2-12-18-15-20-19-13-11(23(15)21-12)5-6-22(14(13)24)8-3-4-9(16)10(17)7-8/h3-7H,2H2,1H3. The molecule has 0 spiro atoms. The Bertz CT molecular complexity index is 1150. The van der Waals surface area contributed by atoms with Crippen LogP contribution < -0.4 is 5.56 Å². The van der Waals surface area contributed by atoms with Crippen LogP contribution in [0.3, 0.4) is 0 Å². The van der Waals surface area contributed by atoms with Crippen molar-refractivity contribution in [3.63, 3.8) is 0 Å². The first kappa shape index (κ1) is 15.0. The molecule has 0 aliphatic carbocycles. The number of rotatable bonds is 2. The molecule has 4 aromatic rings. The number of pyridine rings is 1. The lowest BCUT2D eigenvalue weighted by Gasteiger charge is -2.08. The summed E-state index contributed by atoms with van der Waals surface area (Å²) in [6, 6.07) is 6.70. The summed E-state index contributed by atoms with van der Waals surface area (Å²) in [5.41, 5.74) is 1.01. The van der Waals surface area contributed by atoms with Gasteiger partial charge in [0, 0.05) is 12.6 Å². The van der Waals surface area contributed by atoms with Crippen molar-refractivity contribution in [2.75, 3.05) is 0 Å². The lowest BCUT2D eigenvalue weighted by atomic mass is 10.3. The van der Waals surface area contributed by atoms with Crippen molar-refractivity contribution >= 4 is 40.0 Å². The van der Waals surface area contributed by atoms with Gasteiger partial charge in [-0.3, -0.25) is 9.36 Å². The van der Waals surface area contributed by atoms with Crippen LogP contribution in [0, 0.1) is 0 Å². The molecule has 0 radical (unpaired) electrons. The zero-order valence-electron chi connectivity index (χ0n) is 12.4. The summed E-state index contributed by atoms with van der Waals surface area (Å²) in [5, 5.41) is 13.1. The fraction of sp³-hybridized carbons (Fsp3) is 0.133. The molecule has 0 N–H and O–H groups in total. The van der Waals surface area contributed by atoms with Crippen molar-refractivity contribution < 1.29 is 0 Å². The van der Waals surface area contributed by atoms with Crippen molar-refractivity contribution in [1.82, 2.24) is 29.4 Å². The summed E-state index contributed by atoms with van der Waals surface area (Å²) in [6.07, 6.45) is 2.31. The van der Waals surface area contributed by atoms with Crippen LogP contribution in [-0.4, -0.2) is 29.4 Å². The molecule has 9 heteroatoms. The van der Waals surface area contributed by atoms with Crippen molar-refractivity contribution in [3.05, 3.63) is 56.7 Å². The van der Waals surface area contributed by atoms with E-state index in [0.29, 0.717) is 39.3 Å². The Hall–Kier alpha value is -2.51. The number of aryl methyl sites for hydroxylation is 1. The molecule has 0 saturated heterocycles. The van der Waals surface area contributed by atoms with Crippen LogP contribution in [0.4, 0.5) is 0 Å². The fourth-order valence-electron chi connectivity index (χ4n) is 2.43. The third kappa shape index (κ3) is 2.24. The van der Waals surface area contributed by atoms with Crippen LogP contribution in [0.5, 0.6) is 0 Å². The first-order valence-corrected chi connectivity index (χ1v) is 7.93. The van der Waals surface area contributed by atoms with E-state index in [1.54, 1.807) is 30.5 Å². The Morgan fingerprint density at radius 2 is 1.96 bits per heavy atom. The first-order valence-electron chi connectivity index (χ1n) is 7.17. The van der Waals surface area contributed by atoms with E-state index in [2.05, 4.69) is 20.3 Å². The molecule has 0 fully saturated rings. The van der Waals surface area contributed by atoms with Gasteiger partial charge in [0.05, 0.1) is 15.7 Å². The molecular weight excluding hydrogens is 351 g/mol. The molecule has 0 saturated carbocycles. The summed E-state index contributed by atoms with van der Waals surface area (Å²) in [5.74, 6) is 1.01. The second kappa shape index (κ2) is 5.54. The molecule has 4 rings (SSSR count). The highest BCUT2D eigenvalue weighted by atomic mass is 35.5.